The van der Waals surface area contributed by atoms with E-state index in [1.165, 1.54) is 0 Å². The van der Waals surface area contributed by atoms with Crippen LogP contribution in [-0.4, -0.2) is 17.0 Å². The largest absolute Gasteiger partial charge is 0.478 e. The summed E-state index contributed by atoms with van der Waals surface area (Å²) in [6, 6.07) is 0.469. The number of hydrogen-bond donors (Lipinski definition) is 2. The molecule has 0 atom stereocenters. The molecule has 0 unspecified atom stereocenters. The van der Waals surface area contributed by atoms with Crippen LogP contribution in [0.25, 0.3) is 0 Å². The maximum Gasteiger partial charge on any atom is 0.419 e. The van der Waals surface area contributed by atoms with E-state index in [9.17, 15) is 27.2 Å². The molecule has 0 radical (unpaired) electrons. The van der Waals surface area contributed by atoms with Gasteiger partial charge in [0.2, 0.25) is 5.91 Å². The van der Waals surface area contributed by atoms with Gasteiger partial charge in [-0.15, -0.1) is 0 Å². The van der Waals surface area contributed by atoms with E-state index in [4.69, 9.17) is 5.11 Å². The lowest BCUT2D eigenvalue weighted by Crippen LogP contribution is -2.15. The highest BCUT2D eigenvalue weighted by atomic mass is 19.4. The van der Waals surface area contributed by atoms with Crippen molar-refractivity contribution in [1.82, 2.24) is 0 Å². The van der Waals surface area contributed by atoms with Crippen LogP contribution in [0.2, 0.25) is 0 Å². The summed E-state index contributed by atoms with van der Waals surface area (Å²) >= 11 is 0. The van der Waals surface area contributed by atoms with Gasteiger partial charge in [-0.3, -0.25) is 4.79 Å². The van der Waals surface area contributed by atoms with Crippen LogP contribution in [0.1, 0.15) is 22.8 Å². The molecule has 2 N–H and O–H groups in total. The average molecular weight is 265 g/mol. The van der Waals surface area contributed by atoms with Crippen molar-refractivity contribution in [3.05, 3.63) is 29.1 Å². The van der Waals surface area contributed by atoms with E-state index in [-0.39, 0.29) is 6.07 Å². The molecule has 0 spiro atoms. The molecular weight excluding hydrogens is 258 g/mol. The minimum atomic E-state index is -5.01. The summed E-state index contributed by atoms with van der Waals surface area (Å²) in [5.41, 5.74) is -3.06. The number of aromatic carboxylic acids is 1. The number of carboxylic acid groups (broad SMARTS) is 1. The molecule has 1 amide bonds. The van der Waals surface area contributed by atoms with E-state index in [0.717, 1.165) is 6.92 Å². The number of alkyl halides is 3. The van der Waals surface area contributed by atoms with Crippen LogP contribution in [0.4, 0.5) is 23.2 Å². The van der Waals surface area contributed by atoms with Crippen molar-refractivity contribution in [1.29, 1.82) is 0 Å². The van der Waals surface area contributed by atoms with Crippen molar-refractivity contribution >= 4 is 17.6 Å². The Morgan fingerprint density at radius 1 is 1.28 bits per heavy atom. The number of benzene rings is 1. The molecule has 0 saturated carbocycles. The SMILES string of the molecule is CC(=O)Nc1cc(F)c(C(F)(F)F)cc1C(=O)O. The molecule has 0 fully saturated rings. The predicted octanol–water partition coefficient (Wildman–Crippen LogP) is 2.50. The van der Waals surface area contributed by atoms with Crippen LogP contribution in [0.5, 0.6) is 0 Å². The smallest absolute Gasteiger partial charge is 0.419 e. The molecule has 8 heteroatoms. The highest BCUT2D eigenvalue weighted by Gasteiger charge is 2.35. The number of halogens is 4. The van der Waals surface area contributed by atoms with E-state index in [1.54, 1.807) is 0 Å². The molecule has 1 aromatic carbocycles. The lowest BCUT2D eigenvalue weighted by molar-refractivity contribution is -0.140. The molecule has 98 valence electrons. The molecule has 4 nitrogen and oxygen atoms in total. The standard InChI is InChI=1S/C10H7F4NO3/c1-4(16)15-8-3-7(11)6(10(12,13)14)2-5(8)9(17)18/h2-3H,1H3,(H,15,16)(H,17,18). The summed E-state index contributed by atoms with van der Waals surface area (Å²) in [5.74, 6) is -4.09. The van der Waals surface area contributed by atoms with Gasteiger partial charge in [-0.1, -0.05) is 0 Å². The fraction of sp³-hybridized carbons (Fsp3) is 0.200. The zero-order valence-electron chi connectivity index (χ0n) is 8.93. The fourth-order valence-electron chi connectivity index (χ4n) is 1.26. The van der Waals surface area contributed by atoms with Crippen LogP contribution < -0.4 is 5.32 Å². The van der Waals surface area contributed by atoms with E-state index >= 15 is 0 Å². The van der Waals surface area contributed by atoms with Crippen molar-refractivity contribution in [3.63, 3.8) is 0 Å². The molecule has 0 bridgehead atoms. The minimum Gasteiger partial charge on any atom is -0.478 e. The van der Waals surface area contributed by atoms with E-state index in [1.807, 2.05) is 5.32 Å². The second-order valence-electron chi connectivity index (χ2n) is 3.36. The van der Waals surface area contributed by atoms with Crippen molar-refractivity contribution in [2.75, 3.05) is 5.32 Å². The quantitative estimate of drug-likeness (QED) is 0.807. The molecule has 0 aromatic heterocycles. The molecule has 0 aliphatic carbocycles. The third kappa shape index (κ3) is 2.96. The number of carboxylic acids is 1. The predicted molar refractivity (Wildman–Crippen MR) is 52.7 cm³/mol. The number of anilines is 1. The van der Waals surface area contributed by atoms with Gasteiger partial charge >= 0.3 is 12.1 Å². The lowest BCUT2D eigenvalue weighted by atomic mass is 10.1. The second-order valence-corrected chi connectivity index (χ2v) is 3.36. The zero-order chi connectivity index (χ0) is 14.1. The van der Waals surface area contributed by atoms with E-state index in [2.05, 4.69) is 0 Å². The van der Waals surface area contributed by atoms with Gasteiger partial charge in [0.25, 0.3) is 0 Å². The van der Waals surface area contributed by atoms with Crippen LogP contribution >= 0.6 is 0 Å². The Labute approximate surface area is 98.2 Å². The first-order chi connectivity index (χ1) is 8.12. The van der Waals surface area contributed by atoms with Crippen molar-refractivity contribution in [2.24, 2.45) is 0 Å². The van der Waals surface area contributed by atoms with Gasteiger partial charge in [0.15, 0.2) is 0 Å². The Bertz CT molecular complexity index is 511. The Morgan fingerprint density at radius 3 is 2.22 bits per heavy atom. The van der Waals surface area contributed by atoms with Gasteiger partial charge in [0.05, 0.1) is 16.8 Å². The Kier molecular flexibility index (Phi) is 3.59. The highest BCUT2D eigenvalue weighted by molar-refractivity contribution is 6.00. The normalized spacial score (nSPS) is 11.2. The van der Waals surface area contributed by atoms with Crippen LogP contribution in [0.3, 0.4) is 0 Å². The molecule has 0 saturated heterocycles. The zero-order valence-corrected chi connectivity index (χ0v) is 8.93. The Hall–Kier alpha value is -2.12. The van der Waals surface area contributed by atoms with Gasteiger partial charge in [-0.25, -0.2) is 9.18 Å². The number of hydrogen-bond acceptors (Lipinski definition) is 2. The topological polar surface area (TPSA) is 66.4 Å². The highest BCUT2D eigenvalue weighted by Crippen LogP contribution is 2.34. The first-order valence-electron chi connectivity index (χ1n) is 4.54. The summed E-state index contributed by atoms with van der Waals surface area (Å²) in [6.45, 7) is 1.02. The average Bonchev–Trinajstić information content (AvgIpc) is 2.13. The van der Waals surface area contributed by atoms with Crippen molar-refractivity contribution in [3.8, 4) is 0 Å². The maximum absolute atomic E-state index is 13.2. The van der Waals surface area contributed by atoms with Crippen molar-refractivity contribution in [2.45, 2.75) is 13.1 Å². The third-order valence-electron chi connectivity index (χ3n) is 1.95. The monoisotopic (exact) mass is 265 g/mol. The van der Waals surface area contributed by atoms with Gasteiger partial charge in [0, 0.05) is 6.92 Å². The number of rotatable bonds is 2. The summed E-state index contributed by atoms with van der Waals surface area (Å²) in [7, 11) is 0. The second kappa shape index (κ2) is 4.63. The summed E-state index contributed by atoms with van der Waals surface area (Å²) in [6.07, 6.45) is -5.01. The van der Waals surface area contributed by atoms with Gasteiger partial charge in [-0.2, -0.15) is 13.2 Å². The summed E-state index contributed by atoms with van der Waals surface area (Å²) < 4.78 is 50.3. The third-order valence-corrected chi connectivity index (χ3v) is 1.95. The number of nitrogens with one attached hydrogen (secondary N) is 1. The van der Waals surface area contributed by atoms with Gasteiger partial charge in [-0.05, 0) is 12.1 Å². The van der Waals surface area contributed by atoms with Crippen molar-refractivity contribution < 1.29 is 32.3 Å². The number of carbonyl (C=O) groups is 2. The molecule has 1 rings (SSSR count). The molecule has 18 heavy (non-hydrogen) atoms. The minimum absolute atomic E-state index is 0.142. The van der Waals surface area contributed by atoms with E-state index in [0.29, 0.717) is 6.07 Å². The van der Waals surface area contributed by atoms with Gasteiger partial charge < -0.3 is 10.4 Å². The van der Waals surface area contributed by atoms with E-state index < -0.39 is 40.7 Å². The summed E-state index contributed by atoms with van der Waals surface area (Å²) in [5, 5.41) is 10.7. The molecule has 0 aliphatic heterocycles. The Balaban J connectivity index is 3.44. The number of amides is 1. The van der Waals surface area contributed by atoms with Crippen LogP contribution in [-0.2, 0) is 11.0 Å². The molecule has 1 aromatic rings. The number of carbonyl (C=O) groups excluding carboxylic acids is 1. The molecular formula is C10H7F4NO3. The molecule has 0 aliphatic rings. The summed E-state index contributed by atoms with van der Waals surface area (Å²) in [4.78, 5) is 21.5. The lowest BCUT2D eigenvalue weighted by Gasteiger charge is -2.12. The molecule has 0 heterocycles. The van der Waals surface area contributed by atoms with Gasteiger partial charge in [0.1, 0.15) is 5.82 Å². The maximum atomic E-state index is 13.2. The van der Waals surface area contributed by atoms with Crippen LogP contribution in [0.15, 0.2) is 12.1 Å². The Morgan fingerprint density at radius 2 is 1.83 bits per heavy atom. The first-order valence-corrected chi connectivity index (χ1v) is 4.54. The fourth-order valence-corrected chi connectivity index (χ4v) is 1.26. The van der Waals surface area contributed by atoms with Crippen LogP contribution in [0, 0.1) is 5.82 Å². The first kappa shape index (κ1) is 13.9.